The minimum Gasteiger partial charge on any atom is -0.271 e. The average Bonchev–Trinajstić information content (AvgIpc) is 2.37. The van der Waals surface area contributed by atoms with Gasteiger partial charge in [-0.2, -0.15) is 0 Å². The van der Waals surface area contributed by atoms with Crippen molar-refractivity contribution >= 4 is 0 Å². The van der Waals surface area contributed by atoms with Crippen molar-refractivity contribution in [1.29, 1.82) is 0 Å². The van der Waals surface area contributed by atoms with Crippen LogP contribution in [-0.4, -0.2) is 0 Å². The molecule has 0 aromatic heterocycles. The van der Waals surface area contributed by atoms with Crippen LogP contribution in [0.15, 0.2) is 48.5 Å². The van der Waals surface area contributed by atoms with E-state index in [1.807, 2.05) is 18.2 Å². The van der Waals surface area contributed by atoms with Crippen molar-refractivity contribution < 1.29 is 8.78 Å². The molecule has 0 spiro atoms. The molecule has 2 rings (SSSR count). The molecule has 2 aromatic carbocycles. The van der Waals surface area contributed by atoms with Gasteiger partial charge in [-0.25, -0.2) is 14.2 Å². The summed E-state index contributed by atoms with van der Waals surface area (Å²) in [5.41, 5.74) is 3.47. The summed E-state index contributed by atoms with van der Waals surface area (Å²) in [6.45, 7) is 0. The van der Waals surface area contributed by atoms with Gasteiger partial charge < -0.3 is 0 Å². The predicted octanol–water partition coefficient (Wildman–Crippen LogP) is 2.52. The molecule has 1 atom stereocenters. The molecule has 2 nitrogen and oxygen atoms in total. The van der Waals surface area contributed by atoms with Gasteiger partial charge in [0.1, 0.15) is 0 Å². The SMILES string of the molecule is NN[C@H](c1ccccc1)c1cccc(F)c1F. The molecule has 0 aliphatic heterocycles. The normalized spacial score (nSPS) is 12.4. The Balaban J connectivity index is 2.46. The maximum absolute atomic E-state index is 13.7. The topological polar surface area (TPSA) is 38.0 Å². The summed E-state index contributed by atoms with van der Waals surface area (Å²) in [5, 5.41) is 0. The second-order valence-electron chi connectivity index (χ2n) is 3.65. The summed E-state index contributed by atoms with van der Waals surface area (Å²) in [4.78, 5) is 0. The zero-order chi connectivity index (χ0) is 12.3. The van der Waals surface area contributed by atoms with Crippen LogP contribution in [0.1, 0.15) is 17.2 Å². The van der Waals surface area contributed by atoms with Crippen LogP contribution in [0.25, 0.3) is 0 Å². The zero-order valence-electron chi connectivity index (χ0n) is 9.03. The number of hydrogen-bond donors (Lipinski definition) is 2. The van der Waals surface area contributed by atoms with E-state index >= 15 is 0 Å². The Bertz CT molecular complexity index is 500. The van der Waals surface area contributed by atoms with Crippen molar-refractivity contribution in [3.63, 3.8) is 0 Å². The third kappa shape index (κ3) is 2.33. The van der Waals surface area contributed by atoms with E-state index in [0.29, 0.717) is 0 Å². The van der Waals surface area contributed by atoms with Crippen LogP contribution in [0.4, 0.5) is 8.78 Å². The Morgan fingerprint density at radius 3 is 2.29 bits per heavy atom. The van der Waals surface area contributed by atoms with Gasteiger partial charge in [-0.15, -0.1) is 0 Å². The number of nitrogens with two attached hydrogens (primary N) is 1. The van der Waals surface area contributed by atoms with Gasteiger partial charge in [0.15, 0.2) is 11.6 Å². The number of halogens is 2. The minimum absolute atomic E-state index is 0.193. The monoisotopic (exact) mass is 234 g/mol. The lowest BCUT2D eigenvalue weighted by Crippen LogP contribution is -2.29. The van der Waals surface area contributed by atoms with Gasteiger partial charge in [0.2, 0.25) is 0 Å². The van der Waals surface area contributed by atoms with Gasteiger partial charge in [0.05, 0.1) is 6.04 Å². The Labute approximate surface area is 98.0 Å². The molecule has 0 heterocycles. The summed E-state index contributed by atoms with van der Waals surface area (Å²) in [5.74, 6) is 3.66. The second kappa shape index (κ2) is 5.03. The van der Waals surface area contributed by atoms with Crippen molar-refractivity contribution in [2.75, 3.05) is 0 Å². The third-order valence-electron chi connectivity index (χ3n) is 2.59. The number of nitrogens with one attached hydrogen (secondary N) is 1. The number of hydrogen-bond acceptors (Lipinski definition) is 2. The van der Waals surface area contributed by atoms with E-state index in [-0.39, 0.29) is 5.56 Å². The molecular weight excluding hydrogens is 222 g/mol. The molecule has 17 heavy (non-hydrogen) atoms. The first kappa shape index (κ1) is 11.7. The van der Waals surface area contributed by atoms with Gasteiger partial charge in [-0.05, 0) is 11.6 Å². The van der Waals surface area contributed by atoms with Crippen LogP contribution in [-0.2, 0) is 0 Å². The van der Waals surface area contributed by atoms with Crippen molar-refractivity contribution in [1.82, 2.24) is 5.43 Å². The highest BCUT2D eigenvalue weighted by atomic mass is 19.2. The fourth-order valence-electron chi connectivity index (χ4n) is 1.75. The molecule has 2 aromatic rings. The van der Waals surface area contributed by atoms with Crippen molar-refractivity contribution in [3.05, 3.63) is 71.3 Å². The summed E-state index contributed by atoms with van der Waals surface area (Å²) in [6.07, 6.45) is 0. The summed E-state index contributed by atoms with van der Waals surface area (Å²) in [6, 6.07) is 12.6. The highest BCUT2D eigenvalue weighted by Gasteiger charge is 2.18. The smallest absolute Gasteiger partial charge is 0.163 e. The quantitative estimate of drug-likeness (QED) is 0.632. The minimum atomic E-state index is -0.876. The maximum Gasteiger partial charge on any atom is 0.163 e. The molecule has 0 bridgehead atoms. The molecule has 0 aliphatic rings. The van der Waals surface area contributed by atoms with Crippen LogP contribution in [0.3, 0.4) is 0 Å². The van der Waals surface area contributed by atoms with Gasteiger partial charge in [-0.3, -0.25) is 5.84 Å². The molecule has 0 aliphatic carbocycles. The molecule has 0 radical (unpaired) electrons. The van der Waals surface area contributed by atoms with E-state index < -0.39 is 17.7 Å². The largest absolute Gasteiger partial charge is 0.271 e. The van der Waals surface area contributed by atoms with E-state index in [1.165, 1.54) is 12.1 Å². The van der Waals surface area contributed by atoms with E-state index in [0.717, 1.165) is 11.6 Å². The molecule has 4 heteroatoms. The molecule has 0 fully saturated rings. The lowest BCUT2D eigenvalue weighted by molar-refractivity contribution is 0.483. The molecular formula is C13H12F2N2. The van der Waals surface area contributed by atoms with Gasteiger partial charge in [-0.1, -0.05) is 42.5 Å². The fraction of sp³-hybridized carbons (Fsp3) is 0.0769. The molecule has 0 saturated carbocycles. The second-order valence-corrected chi connectivity index (χ2v) is 3.65. The van der Waals surface area contributed by atoms with Gasteiger partial charge in [0.25, 0.3) is 0 Å². The first-order valence-corrected chi connectivity index (χ1v) is 5.19. The molecule has 0 amide bonds. The first-order valence-electron chi connectivity index (χ1n) is 5.19. The molecule has 0 unspecified atom stereocenters. The van der Waals surface area contributed by atoms with Crippen LogP contribution < -0.4 is 11.3 Å². The Morgan fingerprint density at radius 2 is 1.65 bits per heavy atom. The van der Waals surface area contributed by atoms with Crippen molar-refractivity contribution in [2.45, 2.75) is 6.04 Å². The van der Waals surface area contributed by atoms with Crippen LogP contribution >= 0.6 is 0 Å². The highest BCUT2D eigenvalue weighted by molar-refractivity contribution is 5.32. The lowest BCUT2D eigenvalue weighted by Gasteiger charge is -2.17. The van der Waals surface area contributed by atoms with E-state index in [2.05, 4.69) is 5.43 Å². The highest BCUT2D eigenvalue weighted by Crippen LogP contribution is 2.24. The summed E-state index contributed by atoms with van der Waals surface area (Å²) >= 11 is 0. The first-order chi connectivity index (χ1) is 8.24. The van der Waals surface area contributed by atoms with Crippen LogP contribution in [0.5, 0.6) is 0 Å². The Kier molecular flexibility index (Phi) is 3.46. The number of hydrazine groups is 1. The number of rotatable bonds is 3. The number of benzene rings is 2. The van der Waals surface area contributed by atoms with E-state index in [4.69, 9.17) is 5.84 Å². The zero-order valence-corrected chi connectivity index (χ0v) is 9.03. The van der Waals surface area contributed by atoms with E-state index in [1.54, 1.807) is 12.1 Å². The van der Waals surface area contributed by atoms with Crippen LogP contribution in [0, 0.1) is 11.6 Å². The molecule has 88 valence electrons. The molecule has 0 saturated heterocycles. The summed E-state index contributed by atoms with van der Waals surface area (Å²) in [7, 11) is 0. The standard InChI is InChI=1S/C13H12F2N2/c14-11-8-4-7-10(12(11)15)13(17-16)9-5-2-1-3-6-9/h1-8,13,17H,16H2/t13-/m1/s1. The Hall–Kier alpha value is -1.78. The molecule has 3 N–H and O–H groups in total. The van der Waals surface area contributed by atoms with Crippen molar-refractivity contribution in [2.24, 2.45) is 5.84 Å². The van der Waals surface area contributed by atoms with E-state index in [9.17, 15) is 8.78 Å². The fourth-order valence-corrected chi connectivity index (χ4v) is 1.75. The van der Waals surface area contributed by atoms with Gasteiger partial charge >= 0.3 is 0 Å². The third-order valence-corrected chi connectivity index (χ3v) is 2.59. The lowest BCUT2D eigenvalue weighted by atomic mass is 9.99. The average molecular weight is 234 g/mol. The Morgan fingerprint density at radius 1 is 0.941 bits per heavy atom. The summed E-state index contributed by atoms with van der Waals surface area (Å²) < 4.78 is 26.8. The predicted molar refractivity (Wildman–Crippen MR) is 62.0 cm³/mol. The van der Waals surface area contributed by atoms with Crippen LogP contribution in [0.2, 0.25) is 0 Å². The van der Waals surface area contributed by atoms with Crippen molar-refractivity contribution in [3.8, 4) is 0 Å². The van der Waals surface area contributed by atoms with Gasteiger partial charge in [0, 0.05) is 5.56 Å². The maximum atomic E-state index is 13.7.